The van der Waals surface area contributed by atoms with E-state index < -0.39 is 124 Å². The number of nitrogens with zero attached hydrogens (tertiary/aromatic N) is 2. The van der Waals surface area contributed by atoms with Crippen molar-refractivity contribution in [1.29, 1.82) is 0 Å². The molecule has 1 aromatic carbocycles. The minimum Gasteiger partial charge on any atom is -0.482 e. The van der Waals surface area contributed by atoms with Crippen molar-refractivity contribution in [2.24, 2.45) is 57.3 Å². The molecule has 3 aliphatic carbocycles. The Balaban J connectivity index is 1.57. The van der Waals surface area contributed by atoms with Crippen LogP contribution in [0.15, 0.2) is 51.3 Å². The van der Waals surface area contributed by atoms with E-state index in [2.05, 4.69) is 16.4 Å². The Morgan fingerprint density at radius 2 is 1.61 bits per heavy atom. The molecule has 13 atom stereocenters. The van der Waals surface area contributed by atoms with Crippen molar-refractivity contribution in [2.45, 2.75) is 155 Å². The molecule has 0 aromatic heterocycles. The summed E-state index contributed by atoms with van der Waals surface area (Å²) >= 11 is 0. The van der Waals surface area contributed by atoms with E-state index in [1.165, 1.54) is 20.1 Å². The van der Waals surface area contributed by atoms with Gasteiger partial charge in [0.15, 0.2) is 28.6 Å². The summed E-state index contributed by atoms with van der Waals surface area (Å²) in [6.07, 6.45) is 2.86. The van der Waals surface area contributed by atoms with E-state index in [9.17, 15) is 30.5 Å². The Morgan fingerprint density at radius 3 is 2.21 bits per heavy atom. The van der Waals surface area contributed by atoms with Crippen LogP contribution in [0.1, 0.15) is 116 Å². The predicted octanol–water partition coefficient (Wildman–Crippen LogP) is 4.85. The Hall–Kier alpha value is -5.31. The molecule has 1 spiro atoms. The second-order valence-electron chi connectivity index (χ2n) is 21.1. The van der Waals surface area contributed by atoms with Crippen LogP contribution in [0, 0.1) is 35.5 Å². The minimum atomic E-state index is -2.56. The van der Waals surface area contributed by atoms with E-state index in [4.69, 9.17) is 44.6 Å². The molecule has 2 saturated heterocycles. The summed E-state index contributed by atoms with van der Waals surface area (Å²) < 4.78 is 44.5. The van der Waals surface area contributed by atoms with E-state index in [1.54, 1.807) is 19.9 Å². The molecule has 2 bridgehead atoms. The van der Waals surface area contributed by atoms with Gasteiger partial charge in [0.05, 0.1) is 31.1 Å². The molecule has 4 heterocycles. The van der Waals surface area contributed by atoms with Crippen LogP contribution in [-0.2, 0) is 35.0 Å². The number of carbonyl (C=O) groups is 3. The number of ketones is 2. The lowest BCUT2D eigenvalue weighted by Gasteiger charge is -2.67. The summed E-state index contributed by atoms with van der Waals surface area (Å²) in [6.45, 7) is 18.2. The third kappa shape index (κ3) is 8.80. The lowest BCUT2D eigenvalue weighted by atomic mass is 9.40. The van der Waals surface area contributed by atoms with Crippen LogP contribution in [0.2, 0.25) is 0 Å². The van der Waals surface area contributed by atoms with Gasteiger partial charge in [0.1, 0.15) is 64.5 Å². The van der Waals surface area contributed by atoms with Gasteiger partial charge in [0, 0.05) is 29.4 Å². The van der Waals surface area contributed by atoms with Crippen LogP contribution in [0.5, 0.6) is 17.2 Å². The van der Waals surface area contributed by atoms with E-state index in [0.717, 1.165) is 11.1 Å². The topological polar surface area (TPSA) is 294 Å². The molecule has 1 aromatic rings. The van der Waals surface area contributed by atoms with Gasteiger partial charge in [-0.2, -0.15) is 0 Å². The van der Waals surface area contributed by atoms with Crippen LogP contribution in [0.3, 0.4) is 0 Å². The molecular formula is C51H70N4O15. The first-order valence-corrected chi connectivity index (χ1v) is 23.9. The fourth-order valence-corrected chi connectivity index (χ4v) is 11.6. The fraction of sp³-hybridized carbons (Fsp3) is 0.627. The summed E-state index contributed by atoms with van der Waals surface area (Å²) in [5, 5.41) is 63.8. The highest BCUT2D eigenvalue weighted by Crippen LogP contribution is 2.67. The number of hydrogen-bond donors (Lipinski definition) is 7. The molecule has 8 rings (SSSR count). The van der Waals surface area contributed by atoms with Crippen LogP contribution >= 0.6 is 0 Å². The summed E-state index contributed by atoms with van der Waals surface area (Å²) in [6, 6.07) is 0. The number of oxime groups is 2. The maximum atomic E-state index is 16.6. The molecule has 9 N–H and O–H groups in total. The van der Waals surface area contributed by atoms with Crippen molar-refractivity contribution in [2.75, 3.05) is 13.7 Å². The first-order valence-electron chi connectivity index (χ1n) is 23.9. The summed E-state index contributed by atoms with van der Waals surface area (Å²) in [5.41, 5.74) is 9.56. The second kappa shape index (κ2) is 19.4. The summed E-state index contributed by atoms with van der Waals surface area (Å²) in [5.74, 6) is -11.5. The largest absolute Gasteiger partial charge is 0.482 e. The Bertz CT molecular complexity index is 2430. The van der Waals surface area contributed by atoms with Gasteiger partial charge >= 0.3 is 5.97 Å². The number of carbonyl (C=O) groups excluding carboxylic acids is 3. The quantitative estimate of drug-likeness (QED) is 0.0249. The summed E-state index contributed by atoms with van der Waals surface area (Å²) in [7, 11) is 1.20. The van der Waals surface area contributed by atoms with Crippen molar-refractivity contribution in [3.8, 4) is 17.2 Å². The van der Waals surface area contributed by atoms with Crippen molar-refractivity contribution >= 4 is 35.3 Å². The van der Waals surface area contributed by atoms with Gasteiger partial charge < -0.3 is 70.4 Å². The number of allylic oxidation sites excluding steroid dienone is 4. The Labute approximate surface area is 408 Å². The fourth-order valence-electron chi connectivity index (χ4n) is 11.6. The monoisotopic (exact) mass is 978 g/mol. The highest BCUT2D eigenvalue weighted by molar-refractivity contribution is 6.12. The van der Waals surface area contributed by atoms with Gasteiger partial charge in [-0.05, 0) is 105 Å². The number of esters is 1. The summed E-state index contributed by atoms with van der Waals surface area (Å²) in [4.78, 5) is 44.8. The maximum Gasteiger partial charge on any atom is 0.333 e. The maximum absolute atomic E-state index is 16.6. The first kappa shape index (κ1) is 52.5. The van der Waals surface area contributed by atoms with E-state index >= 15 is 9.59 Å². The van der Waals surface area contributed by atoms with Crippen molar-refractivity contribution in [3.63, 3.8) is 0 Å². The highest BCUT2D eigenvalue weighted by atomic mass is 16.8. The van der Waals surface area contributed by atoms with Gasteiger partial charge in [-0.25, -0.2) is 4.79 Å². The van der Waals surface area contributed by atoms with Gasteiger partial charge in [0.2, 0.25) is 6.29 Å². The molecule has 19 heteroatoms. The number of ether oxygens (including phenoxy) is 7. The van der Waals surface area contributed by atoms with E-state index in [0.29, 0.717) is 18.4 Å². The number of aliphatic hydroxyl groups is 3. The molecule has 384 valence electrons. The zero-order chi connectivity index (χ0) is 51.6. The Kier molecular flexibility index (Phi) is 14.5. The lowest BCUT2D eigenvalue weighted by molar-refractivity contribution is -0.373. The lowest BCUT2D eigenvalue weighted by Crippen LogP contribution is -2.83. The van der Waals surface area contributed by atoms with Crippen LogP contribution in [0.25, 0.3) is 6.08 Å². The molecule has 70 heavy (non-hydrogen) atoms. The molecule has 7 aliphatic rings. The number of rotatable bonds is 14. The molecular weight excluding hydrogens is 909 g/mol. The van der Waals surface area contributed by atoms with Crippen LogP contribution < -0.4 is 25.7 Å². The molecule has 0 amide bonds. The van der Waals surface area contributed by atoms with Gasteiger partial charge in [0.25, 0.3) is 0 Å². The van der Waals surface area contributed by atoms with Gasteiger partial charge in [-0.1, -0.05) is 53.5 Å². The number of amidine groups is 2. The number of methoxy groups -OCH3 is 1. The van der Waals surface area contributed by atoms with E-state index in [1.807, 2.05) is 60.6 Å². The third-order valence-corrected chi connectivity index (χ3v) is 15.1. The predicted molar refractivity (Wildman–Crippen MR) is 254 cm³/mol. The highest BCUT2D eigenvalue weighted by Gasteiger charge is 2.79. The van der Waals surface area contributed by atoms with E-state index in [-0.39, 0.29) is 53.4 Å². The van der Waals surface area contributed by atoms with Crippen LogP contribution in [0.4, 0.5) is 0 Å². The van der Waals surface area contributed by atoms with Crippen molar-refractivity contribution in [1.82, 2.24) is 0 Å². The number of aliphatic hydroxyl groups excluding tert-OH is 2. The molecule has 19 nitrogen and oxygen atoms in total. The van der Waals surface area contributed by atoms with Crippen molar-refractivity contribution in [3.05, 3.63) is 57.7 Å². The number of benzene rings is 1. The molecule has 0 radical (unpaired) electrons. The van der Waals surface area contributed by atoms with Gasteiger partial charge in [-0.15, -0.1) is 0 Å². The normalized spacial score (nSPS) is 34.8. The minimum absolute atomic E-state index is 0.0129. The second-order valence-corrected chi connectivity index (χ2v) is 21.1. The Morgan fingerprint density at radius 1 is 0.957 bits per heavy atom. The zero-order valence-corrected chi connectivity index (χ0v) is 41.8. The third-order valence-electron chi connectivity index (χ3n) is 15.1. The van der Waals surface area contributed by atoms with Gasteiger partial charge in [-0.3, -0.25) is 9.59 Å². The number of hydrogen-bond acceptors (Lipinski definition) is 17. The molecule has 5 fully saturated rings. The molecule has 3 saturated carbocycles. The van der Waals surface area contributed by atoms with Crippen molar-refractivity contribution < 1.29 is 73.3 Å². The zero-order valence-electron chi connectivity index (χ0n) is 41.8. The first-order chi connectivity index (χ1) is 32.8. The smallest absolute Gasteiger partial charge is 0.333 e. The average Bonchev–Trinajstić information content (AvgIpc) is 3.30. The molecule has 4 aliphatic heterocycles. The average molecular weight is 979 g/mol. The SMILES string of the molecule is COC(=O)/C(C)=C\CC1(O)C(=O)C2CC(C(C)C)C13Oc1c(CC=C(C)C)c4c(c(O[C@@H]5O[C@@H]6COC(C)(C)O[C@H]6[C@H](O)[C@H]5O)c1C(=O)C3C2C(/C(N)=N/O)/C(N)=N\O)C=CC(C)(CCC=C(C)C)O4. The number of nitrogens with two attached hydrogens (primary N) is 2. The standard InChI is InChI=1S/C51H70N4O15/c1-23(2)13-12-18-49(10)19-17-28-39(69-49)27(15-14-24(3)4)41-34(40(28)67-47-38(58)37(57)42-31(66-47)22-65-48(8,9)68-42)36(56)35-32(33(44(52)54-62)45(53)55-63)29-21-30(25(5)6)51(35,70-41)50(61,43(29)59)20-16-26(7)46(60)64-11/h13-14,16-17,19,25,29-33,35,37-38,42,47,57-58,61-63H,12,15,18,20-22H2,1-11H3,(H2,52,54)(H2,53,55)/b26-16-/t29?,30?,31-,32?,35?,37-,38-,42-,47+,49?,50?,51?/m1/s1. The molecule has 8 unspecified atom stereocenters. The number of Topliss-reactive ketones (excluding diaryl/α,β-unsaturated/α-hetero) is 2. The van der Waals surface area contributed by atoms with Crippen LogP contribution in [-0.4, -0.2) is 122 Å². The number of fused-ring (bicyclic) bond motifs is 5.